The molecule has 0 aliphatic heterocycles. The fourth-order valence-corrected chi connectivity index (χ4v) is 2.73. The molecule has 0 spiro atoms. The zero-order chi connectivity index (χ0) is 17.0. The third-order valence-corrected chi connectivity index (χ3v) is 4.63. The van der Waals surface area contributed by atoms with Crippen LogP contribution >= 0.6 is 11.8 Å². The summed E-state index contributed by atoms with van der Waals surface area (Å²) in [4.78, 5) is 26.5. The highest BCUT2D eigenvalue weighted by Crippen LogP contribution is 2.29. The van der Waals surface area contributed by atoms with Gasteiger partial charge >= 0.3 is 5.97 Å². The van der Waals surface area contributed by atoms with Crippen LogP contribution in [0.4, 0.5) is 0 Å². The fourth-order valence-electron chi connectivity index (χ4n) is 2.32. The van der Waals surface area contributed by atoms with E-state index in [2.05, 4.69) is 0 Å². The summed E-state index contributed by atoms with van der Waals surface area (Å²) in [5.74, 6) is -0.961. The van der Waals surface area contributed by atoms with Crippen LogP contribution in [0.1, 0.15) is 26.7 Å². The third kappa shape index (κ3) is 4.89. The minimum atomic E-state index is -0.885. The van der Waals surface area contributed by atoms with E-state index in [1.54, 1.807) is 30.5 Å². The normalized spacial score (nSPS) is 16.5. The monoisotopic (exact) mass is 337 g/mol. The van der Waals surface area contributed by atoms with E-state index in [-0.39, 0.29) is 18.5 Å². The summed E-state index contributed by atoms with van der Waals surface area (Å²) in [7, 11) is 0. The van der Waals surface area contributed by atoms with E-state index in [0.717, 1.165) is 17.7 Å². The summed E-state index contributed by atoms with van der Waals surface area (Å²) in [6.45, 7) is 3.57. The lowest BCUT2D eigenvalue weighted by atomic mass is 10.1. The van der Waals surface area contributed by atoms with Crippen molar-refractivity contribution in [1.82, 2.24) is 4.90 Å². The van der Waals surface area contributed by atoms with Crippen molar-refractivity contribution in [2.75, 3.05) is 12.8 Å². The molecule has 1 saturated carbocycles. The van der Waals surface area contributed by atoms with Crippen LogP contribution < -0.4 is 4.74 Å². The van der Waals surface area contributed by atoms with Gasteiger partial charge in [0.1, 0.15) is 5.75 Å². The molecule has 0 saturated heterocycles. The van der Waals surface area contributed by atoms with Gasteiger partial charge in [0.05, 0.1) is 5.92 Å². The molecule has 1 aliphatic carbocycles. The van der Waals surface area contributed by atoms with Gasteiger partial charge in [-0.25, -0.2) is 0 Å². The van der Waals surface area contributed by atoms with Crippen molar-refractivity contribution in [1.29, 1.82) is 0 Å². The number of carboxylic acid groups (broad SMARTS) is 1. The Balaban J connectivity index is 1.99. The molecule has 2 unspecified atom stereocenters. The van der Waals surface area contributed by atoms with Crippen LogP contribution in [0.5, 0.6) is 5.75 Å². The summed E-state index contributed by atoms with van der Waals surface area (Å²) in [5.41, 5.74) is 0. The van der Waals surface area contributed by atoms with E-state index in [1.165, 1.54) is 0 Å². The molecule has 1 aliphatic rings. The van der Waals surface area contributed by atoms with Gasteiger partial charge in [0, 0.05) is 17.5 Å². The van der Waals surface area contributed by atoms with Gasteiger partial charge in [0.25, 0.3) is 5.91 Å². The standard InChI is InChI=1S/C17H23NO4S/c1-11(17(20)21)10-18(13-4-5-13)16(19)12(2)22-14-6-8-15(23-3)9-7-14/h6-9,11-13H,4-5,10H2,1-3H3,(H,20,21). The lowest BCUT2D eigenvalue weighted by Crippen LogP contribution is -2.45. The number of ether oxygens (including phenoxy) is 1. The quantitative estimate of drug-likeness (QED) is 0.739. The molecule has 126 valence electrons. The Labute approximate surface area is 141 Å². The van der Waals surface area contributed by atoms with Crippen molar-refractivity contribution in [3.8, 4) is 5.75 Å². The van der Waals surface area contributed by atoms with Gasteiger partial charge in [-0.05, 0) is 50.3 Å². The van der Waals surface area contributed by atoms with Gasteiger partial charge in [-0.2, -0.15) is 0 Å². The molecule has 1 amide bonds. The molecule has 2 rings (SSSR count). The Kier molecular flexibility index (Phi) is 5.93. The second kappa shape index (κ2) is 7.73. The number of carbonyl (C=O) groups is 2. The van der Waals surface area contributed by atoms with Crippen molar-refractivity contribution >= 4 is 23.6 Å². The van der Waals surface area contributed by atoms with Crippen LogP contribution in [0.25, 0.3) is 0 Å². The molecule has 6 heteroatoms. The van der Waals surface area contributed by atoms with Crippen molar-refractivity contribution in [3.63, 3.8) is 0 Å². The Morgan fingerprint density at radius 1 is 1.30 bits per heavy atom. The summed E-state index contributed by atoms with van der Waals surface area (Å²) < 4.78 is 5.73. The van der Waals surface area contributed by atoms with Crippen LogP contribution in [0.2, 0.25) is 0 Å². The van der Waals surface area contributed by atoms with Crippen molar-refractivity contribution < 1.29 is 19.4 Å². The van der Waals surface area contributed by atoms with E-state index in [9.17, 15) is 9.59 Å². The highest BCUT2D eigenvalue weighted by atomic mass is 32.2. The molecule has 1 aromatic carbocycles. The molecule has 5 nitrogen and oxygen atoms in total. The van der Waals surface area contributed by atoms with E-state index in [1.807, 2.05) is 30.5 Å². The number of thioether (sulfide) groups is 1. The van der Waals surface area contributed by atoms with E-state index in [0.29, 0.717) is 5.75 Å². The van der Waals surface area contributed by atoms with Crippen LogP contribution in [-0.2, 0) is 9.59 Å². The van der Waals surface area contributed by atoms with E-state index < -0.39 is 18.0 Å². The number of carbonyl (C=O) groups excluding carboxylic acids is 1. The van der Waals surface area contributed by atoms with E-state index >= 15 is 0 Å². The number of hydrogen-bond acceptors (Lipinski definition) is 4. The molecule has 0 radical (unpaired) electrons. The molecule has 0 heterocycles. The minimum Gasteiger partial charge on any atom is -0.481 e. The van der Waals surface area contributed by atoms with Gasteiger partial charge in [-0.3, -0.25) is 9.59 Å². The number of rotatable bonds is 8. The highest BCUT2D eigenvalue weighted by molar-refractivity contribution is 7.98. The summed E-state index contributed by atoms with van der Waals surface area (Å²) in [6.07, 6.45) is 3.25. The van der Waals surface area contributed by atoms with Gasteiger partial charge in [0.15, 0.2) is 6.10 Å². The number of aliphatic carboxylic acids is 1. The average Bonchev–Trinajstić information content (AvgIpc) is 3.37. The minimum absolute atomic E-state index is 0.144. The number of carboxylic acids is 1. The van der Waals surface area contributed by atoms with Gasteiger partial charge in [-0.15, -0.1) is 11.8 Å². The lowest BCUT2D eigenvalue weighted by Gasteiger charge is -2.27. The predicted octanol–water partition coefficient (Wildman–Crippen LogP) is 2.89. The van der Waals surface area contributed by atoms with E-state index in [4.69, 9.17) is 9.84 Å². The highest BCUT2D eigenvalue weighted by Gasteiger charge is 2.36. The molecule has 2 atom stereocenters. The van der Waals surface area contributed by atoms with Crippen LogP contribution in [-0.4, -0.2) is 46.8 Å². The molecule has 0 bridgehead atoms. The molecule has 1 aromatic rings. The maximum Gasteiger partial charge on any atom is 0.308 e. The van der Waals surface area contributed by atoms with Crippen LogP contribution in [0.15, 0.2) is 29.2 Å². The SMILES string of the molecule is CSc1ccc(OC(C)C(=O)N(CC(C)C(=O)O)C2CC2)cc1. The topological polar surface area (TPSA) is 66.8 Å². The van der Waals surface area contributed by atoms with Crippen molar-refractivity contribution in [2.24, 2.45) is 5.92 Å². The second-order valence-electron chi connectivity index (χ2n) is 5.90. The maximum atomic E-state index is 12.6. The summed E-state index contributed by atoms with van der Waals surface area (Å²) >= 11 is 1.64. The molecule has 23 heavy (non-hydrogen) atoms. The number of benzene rings is 1. The molecule has 1 fully saturated rings. The van der Waals surface area contributed by atoms with Gasteiger partial charge in [-0.1, -0.05) is 6.92 Å². The zero-order valence-corrected chi connectivity index (χ0v) is 14.5. The van der Waals surface area contributed by atoms with Gasteiger partial charge < -0.3 is 14.7 Å². The molecule has 0 aromatic heterocycles. The Bertz CT molecular complexity index is 556. The Morgan fingerprint density at radius 2 is 1.91 bits per heavy atom. The number of nitrogens with zero attached hydrogens (tertiary/aromatic N) is 1. The summed E-state index contributed by atoms with van der Waals surface area (Å²) in [6, 6.07) is 7.74. The lowest BCUT2D eigenvalue weighted by molar-refractivity contribution is -0.145. The van der Waals surface area contributed by atoms with Gasteiger partial charge in [0.2, 0.25) is 0 Å². The first-order chi connectivity index (χ1) is 10.9. The Hall–Kier alpha value is -1.69. The second-order valence-corrected chi connectivity index (χ2v) is 6.78. The molecular formula is C17H23NO4S. The van der Waals surface area contributed by atoms with Crippen molar-refractivity contribution in [2.45, 2.75) is 43.7 Å². The van der Waals surface area contributed by atoms with Crippen LogP contribution in [0.3, 0.4) is 0 Å². The first-order valence-electron chi connectivity index (χ1n) is 7.76. The molecule has 1 N–H and O–H groups in total. The Morgan fingerprint density at radius 3 is 2.39 bits per heavy atom. The smallest absolute Gasteiger partial charge is 0.308 e. The number of amides is 1. The van der Waals surface area contributed by atoms with Crippen molar-refractivity contribution in [3.05, 3.63) is 24.3 Å². The largest absolute Gasteiger partial charge is 0.481 e. The molecular weight excluding hydrogens is 314 g/mol. The average molecular weight is 337 g/mol. The third-order valence-electron chi connectivity index (χ3n) is 3.88. The fraction of sp³-hybridized carbons (Fsp3) is 0.529. The first-order valence-corrected chi connectivity index (χ1v) is 8.98. The maximum absolute atomic E-state index is 12.6. The van der Waals surface area contributed by atoms with Crippen LogP contribution in [0, 0.1) is 5.92 Å². The predicted molar refractivity (Wildman–Crippen MR) is 89.8 cm³/mol. The first kappa shape index (κ1) is 17.7. The zero-order valence-electron chi connectivity index (χ0n) is 13.7. The number of hydrogen-bond donors (Lipinski definition) is 1. The summed E-state index contributed by atoms with van der Waals surface area (Å²) in [5, 5.41) is 9.07.